The molecular weight excluding hydrogens is 1690 g/mol. The van der Waals surface area contributed by atoms with E-state index < -0.39 is 59.6 Å². The van der Waals surface area contributed by atoms with Gasteiger partial charge in [0.05, 0.1) is 39.3 Å². The minimum Gasteiger partial charge on any atom is -0.499 e. The molecule has 7 atom stereocenters. The number of carbonyl (C=O) groups is 12. The summed E-state index contributed by atoms with van der Waals surface area (Å²) in [5.41, 5.74) is 8.64. The molecule has 28 heteroatoms. The number of aliphatic carboxylic acids is 2. The molecule has 6 aliphatic rings. The molecule has 720 valence electrons. The molecule has 4 aromatic rings. The number of hydrogen-bond donors (Lipinski definition) is 6. The van der Waals surface area contributed by atoms with E-state index >= 15 is 0 Å². The Morgan fingerprint density at radius 1 is 0.508 bits per heavy atom. The van der Waals surface area contributed by atoms with Crippen LogP contribution < -0.4 is 16.0 Å². The van der Waals surface area contributed by atoms with Gasteiger partial charge in [0, 0.05) is 81.6 Å². The van der Waals surface area contributed by atoms with Crippen molar-refractivity contribution in [2.24, 2.45) is 17.8 Å². The van der Waals surface area contributed by atoms with Gasteiger partial charge < -0.3 is 69.2 Å². The molecule has 6 N–H and O–H groups in total. The summed E-state index contributed by atoms with van der Waals surface area (Å²) in [6.45, 7) is 20.9. The molecule has 0 aromatic heterocycles. The van der Waals surface area contributed by atoms with Crippen LogP contribution in [0.3, 0.4) is 0 Å². The van der Waals surface area contributed by atoms with Gasteiger partial charge in [-0.05, 0) is 142 Å². The summed E-state index contributed by atoms with van der Waals surface area (Å²) in [6.07, 6.45) is 40.6. The summed E-state index contributed by atoms with van der Waals surface area (Å²) in [4.78, 5) is 141. The topological polar surface area (TPSA) is 382 Å². The van der Waals surface area contributed by atoms with Crippen LogP contribution in [0.4, 0.5) is 14.4 Å². The molecule has 2 aliphatic carbocycles. The van der Waals surface area contributed by atoms with Crippen molar-refractivity contribution < 1.29 is 111 Å². The number of esters is 2. The predicted octanol–water partition coefficient (Wildman–Crippen LogP) is 19.2. The van der Waals surface area contributed by atoms with Crippen molar-refractivity contribution in [2.45, 2.75) is 303 Å². The Balaban J connectivity index is 0.000000341. The van der Waals surface area contributed by atoms with Crippen LogP contribution >= 0.6 is 0 Å². The van der Waals surface area contributed by atoms with E-state index in [1.165, 1.54) is 80.1 Å². The molecule has 10 rings (SSSR count). The number of fused-ring (bicyclic) bond motifs is 6. The van der Waals surface area contributed by atoms with Gasteiger partial charge in [-0.3, -0.25) is 43.3 Å². The Morgan fingerprint density at radius 2 is 0.909 bits per heavy atom. The highest BCUT2D eigenvalue weighted by molar-refractivity contribution is 6.05. The molecule has 0 saturated carbocycles. The number of terminal acetylenes is 3. The molecular formula is C104H141N5O23. The fraction of sp³-hybridized carbons (Fsp3) is 0.538. The molecule has 0 radical (unpaired) electrons. The molecule has 0 spiro atoms. The smallest absolute Gasteiger partial charge is 0.499 e. The number of nitrogens with zero attached hydrogens (tertiary/aromatic N) is 2. The number of rotatable bonds is 41. The first-order chi connectivity index (χ1) is 63.0. The second-order valence-electron chi connectivity index (χ2n) is 34.4. The number of cyclic esters (lactones) is 2. The third-order valence-electron chi connectivity index (χ3n) is 22.4. The quantitative estimate of drug-likeness (QED) is 0.00790. The number of carbonyl (C=O) groups excluding carboxylic acids is 9. The van der Waals surface area contributed by atoms with E-state index in [0.29, 0.717) is 50.2 Å². The Bertz CT molecular complexity index is 4540. The van der Waals surface area contributed by atoms with E-state index in [4.69, 9.17) is 53.2 Å². The number of benzene rings is 4. The number of carboxylic acid groups (broad SMARTS) is 3. The van der Waals surface area contributed by atoms with E-state index in [2.05, 4.69) is 105 Å². The van der Waals surface area contributed by atoms with Gasteiger partial charge in [-0.1, -0.05) is 216 Å². The normalized spacial score (nSPS) is 16.5. The lowest BCUT2D eigenvalue weighted by Gasteiger charge is -2.28. The fourth-order valence-corrected chi connectivity index (χ4v) is 15.5. The number of hydrogen-bond acceptors (Lipinski definition) is 20. The van der Waals surface area contributed by atoms with E-state index in [-0.39, 0.29) is 96.9 Å². The van der Waals surface area contributed by atoms with Gasteiger partial charge in [-0.25, -0.2) is 24.1 Å². The van der Waals surface area contributed by atoms with Crippen molar-refractivity contribution in [1.29, 1.82) is 0 Å². The zero-order chi connectivity index (χ0) is 97.9. The first kappa shape index (κ1) is 112. The number of imide groups is 2. The minimum atomic E-state index is -1.22. The number of ether oxygens (including phenoxy) is 8. The number of amides is 7. The molecule has 1 saturated heterocycles. The van der Waals surface area contributed by atoms with E-state index in [0.717, 1.165) is 168 Å². The van der Waals surface area contributed by atoms with Crippen LogP contribution in [-0.2, 0) is 81.0 Å². The number of carboxylic acids is 2. The van der Waals surface area contributed by atoms with E-state index in [1.54, 1.807) is 34.8 Å². The van der Waals surface area contributed by atoms with Gasteiger partial charge in [0.2, 0.25) is 17.7 Å². The average Bonchev–Trinajstić information content (AvgIpc) is 1.62. The molecule has 132 heavy (non-hydrogen) atoms. The van der Waals surface area contributed by atoms with Crippen LogP contribution in [0.1, 0.15) is 290 Å². The van der Waals surface area contributed by atoms with Crippen LogP contribution in [0.5, 0.6) is 0 Å². The molecule has 4 aliphatic heterocycles. The average molecular weight is 1830 g/mol. The maximum absolute atomic E-state index is 13.0. The Kier molecular flexibility index (Phi) is 50.7. The van der Waals surface area contributed by atoms with Gasteiger partial charge in [0.15, 0.2) is 0 Å². The fourth-order valence-electron chi connectivity index (χ4n) is 15.5. The second-order valence-corrected chi connectivity index (χ2v) is 34.4. The van der Waals surface area contributed by atoms with Gasteiger partial charge in [0.1, 0.15) is 54.6 Å². The summed E-state index contributed by atoms with van der Waals surface area (Å²) in [7, 11) is 4.67. The summed E-state index contributed by atoms with van der Waals surface area (Å²) in [6, 6.07) is 31.0. The van der Waals surface area contributed by atoms with Crippen molar-refractivity contribution >= 4 is 71.8 Å². The third kappa shape index (κ3) is 38.6. The first-order valence-electron chi connectivity index (χ1n) is 46.1. The molecule has 4 aromatic carbocycles. The van der Waals surface area contributed by atoms with Gasteiger partial charge in [-0.2, -0.15) is 0 Å². The molecule has 0 bridgehead atoms. The molecule has 4 heterocycles. The third-order valence-corrected chi connectivity index (χ3v) is 22.4. The van der Waals surface area contributed by atoms with Crippen LogP contribution in [0.15, 0.2) is 133 Å². The summed E-state index contributed by atoms with van der Waals surface area (Å²) in [5.74, 6) is 4.30. The van der Waals surface area contributed by atoms with Crippen LogP contribution in [-0.4, -0.2) is 174 Å². The monoisotopic (exact) mass is 1830 g/mol. The zero-order valence-corrected chi connectivity index (χ0v) is 79.7. The summed E-state index contributed by atoms with van der Waals surface area (Å²) in [5, 5.41) is 34.1. The highest BCUT2D eigenvalue weighted by Crippen LogP contribution is 2.46. The number of alkyl carbamates (subject to hydrolysis) is 1. The maximum atomic E-state index is 13.0. The lowest BCUT2D eigenvalue weighted by atomic mass is 9.98. The number of unbranched alkanes of at least 4 members (excludes halogenated alkanes) is 13. The molecule has 28 nitrogen and oxygen atoms in total. The maximum Gasteiger partial charge on any atom is 0.506 e. The van der Waals surface area contributed by atoms with Gasteiger partial charge >= 0.3 is 42.2 Å². The first-order valence-corrected chi connectivity index (χ1v) is 46.1. The summed E-state index contributed by atoms with van der Waals surface area (Å²) >= 11 is 0. The van der Waals surface area contributed by atoms with Crippen molar-refractivity contribution in [3.8, 4) is 59.3 Å². The lowest BCUT2D eigenvalue weighted by molar-refractivity contribution is -0.231. The number of methoxy groups -OCH3 is 3. The van der Waals surface area contributed by atoms with Crippen molar-refractivity contribution in [3.63, 3.8) is 0 Å². The zero-order valence-electron chi connectivity index (χ0n) is 79.7. The Labute approximate surface area is 780 Å². The molecule has 0 unspecified atom stereocenters. The highest BCUT2D eigenvalue weighted by Gasteiger charge is 2.42. The van der Waals surface area contributed by atoms with Crippen molar-refractivity contribution in [3.05, 3.63) is 155 Å². The SMILES string of the molecule is C#CCCCC[C@@H](C)C(=O)NCCCC[C@H]1C(OC)=CC(=O)N1C(=O)[C@H](C)CCCCC#C.C#CCCCC[C@@H](C)C(=O)O.CC(C)(C)OC(=O)O.CC1(C)OC(=O)CC(=O)O1.CCCCC[C@@H]1NC(=O)C=C1OC.CCCCC[C@H](NC(=O)OCC1c2ccccc2-c2ccccc21)C(=O)O.CCCCC[C@H]1C(OC)=CC(=O)N1C(=O)OCC1c2ccccc2-c2ccccc21. The second kappa shape index (κ2) is 59.8. The van der Waals surface area contributed by atoms with E-state index in [1.807, 2.05) is 74.5 Å². The highest BCUT2D eigenvalue weighted by atomic mass is 16.7. The van der Waals surface area contributed by atoms with Gasteiger partial charge in [-0.15, -0.1) is 37.0 Å². The van der Waals surface area contributed by atoms with Crippen molar-refractivity contribution in [2.75, 3.05) is 41.1 Å². The predicted molar refractivity (Wildman–Crippen MR) is 504 cm³/mol. The standard InChI is InChI=1S/C27H40N2O4.C25H27NO4.C22H25NO4.C10H17NO2.C9H14O2.C6H8O4.C5H10O3/c1-6-8-10-12-16-21(3)26(31)28-19-15-14-18-23-24(33-5)20-25(30)29(23)27(32)22(4)17-13-11-9-7-2;1-3-4-5-14-22-23(29-2)15-24(27)26(22)25(28)30-16-21-19-12-8-6-10-17(19)18-11-7-9-13-20(18)21;1-2-3-4-13-20(21(24)25)23-22(26)27-14-19-17-11-7-5-9-15(17)16-10-6-8-12-18(16)19;1-3-4-5-6-8-9(13-2)7-10(12)11-8;1-3-4-5-6-7-8(2)9(10)11;1-6(2)9-4(7)3-5(8)10-6;1-5(2,3)8-4(6)7/h1-2,20-23H,8-19H2,3-5H3,(H,28,31);6-13,15,21-22H,3-5,14,16H2,1-2H3;5-12,19-20H,2-4,13-14H2,1H3,(H,23,26)(H,24,25);7-8H,3-6H2,1-2H3,(H,11,12);1,8H,4-7H2,2H3,(H,10,11);3H2,1-2H3;1-3H3,(H,6,7)/t21-,22-,23+;22-;20-;2*8-;;/m10001../s1. The van der Waals surface area contributed by atoms with E-state index in [9.17, 15) is 62.6 Å². The minimum absolute atomic E-state index is 0.0293. The summed E-state index contributed by atoms with van der Waals surface area (Å²) < 4.78 is 40.7. The largest absolute Gasteiger partial charge is 0.506 e. The molecule has 1 fully saturated rings. The lowest BCUT2D eigenvalue weighted by Crippen LogP contribution is -2.43. The van der Waals surface area contributed by atoms with Crippen LogP contribution in [0.25, 0.3) is 22.3 Å². The Morgan fingerprint density at radius 3 is 1.32 bits per heavy atom. The molecule has 7 amide bonds. The Hall–Kier alpha value is -12.4. The van der Waals surface area contributed by atoms with Crippen LogP contribution in [0, 0.1) is 54.8 Å². The van der Waals surface area contributed by atoms with Crippen LogP contribution in [0.2, 0.25) is 0 Å². The van der Waals surface area contributed by atoms with Crippen molar-refractivity contribution in [1.82, 2.24) is 25.8 Å². The van der Waals surface area contributed by atoms with Gasteiger partial charge in [0.25, 0.3) is 17.6 Å². The number of nitrogens with one attached hydrogen (secondary N) is 3.